The van der Waals surface area contributed by atoms with Crippen molar-refractivity contribution >= 4 is 34.0 Å². The molecule has 1 aromatic rings. The molecule has 1 aliphatic rings. The first kappa shape index (κ1) is 17.9. The van der Waals surface area contributed by atoms with Crippen LogP contribution in [0.5, 0.6) is 0 Å². The standard InChI is InChI=1S/C13H19N3O3S.ClH/c1-9(8-14)15-20(18,19)12-3-4-13-11(7-12)5-6-16(13)10(2)17;/h3-4,7,9,15H,5-6,8,14H2,1-2H3;1H/t9-;/m0./s1. The average molecular weight is 334 g/mol. The molecule has 0 unspecified atom stereocenters. The number of carbonyl (C=O) groups excluding carboxylic acids is 1. The molecule has 1 amide bonds. The lowest BCUT2D eigenvalue weighted by Gasteiger charge is -2.16. The number of nitrogens with zero attached hydrogens (tertiary/aromatic N) is 1. The number of nitrogens with one attached hydrogen (secondary N) is 1. The number of hydrogen-bond acceptors (Lipinski definition) is 4. The molecule has 0 saturated heterocycles. The molecule has 1 heterocycles. The van der Waals surface area contributed by atoms with Crippen molar-refractivity contribution in [2.45, 2.75) is 31.2 Å². The lowest BCUT2D eigenvalue weighted by molar-refractivity contribution is -0.116. The molecule has 0 saturated carbocycles. The van der Waals surface area contributed by atoms with Gasteiger partial charge in [0.15, 0.2) is 0 Å². The van der Waals surface area contributed by atoms with Crippen molar-refractivity contribution in [3.63, 3.8) is 0 Å². The van der Waals surface area contributed by atoms with Gasteiger partial charge in [-0.25, -0.2) is 13.1 Å². The zero-order valence-corrected chi connectivity index (χ0v) is 13.6. The first-order valence-electron chi connectivity index (χ1n) is 6.48. The monoisotopic (exact) mass is 333 g/mol. The lowest BCUT2D eigenvalue weighted by atomic mass is 10.2. The molecule has 8 heteroatoms. The fourth-order valence-corrected chi connectivity index (χ4v) is 3.56. The van der Waals surface area contributed by atoms with Gasteiger partial charge >= 0.3 is 0 Å². The highest BCUT2D eigenvalue weighted by Crippen LogP contribution is 2.30. The molecule has 0 fully saturated rings. The highest BCUT2D eigenvalue weighted by Gasteiger charge is 2.25. The Labute approximate surface area is 131 Å². The van der Waals surface area contributed by atoms with Gasteiger partial charge in [-0.1, -0.05) is 0 Å². The smallest absolute Gasteiger partial charge is 0.240 e. The summed E-state index contributed by atoms with van der Waals surface area (Å²) < 4.78 is 26.9. The third kappa shape index (κ3) is 3.74. The molecule has 6 nitrogen and oxygen atoms in total. The van der Waals surface area contributed by atoms with Gasteiger partial charge in [0.05, 0.1) is 4.90 Å². The quantitative estimate of drug-likeness (QED) is 0.845. The predicted molar refractivity (Wildman–Crippen MR) is 84.3 cm³/mol. The summed E-state index contributed by atoms with van der Waals surface area (Å²) in [4.78, 5) is 13.3. The van der Waals surface area contributed by atoms with Gasteiger partial charge in [-0.2, -0.15) is 0 Å². The van der Waals surface area contributed by atoms with E-state index in [2.05, 4.69) is 4.72 Å². The number of carbonyl (C=O) groups is 1. The van der Waals surface area contributed by atoms with E-state index >= 15 is 0 Å². The topological polar surface area (TPSA) is 92.5 Å². The number of rotatable bonds is 4. The van der Waals surface area contributed by atoms with Crippen LogP contribution >= 0.6 is 12.4 Å². The number of sulfonamides is 1. The number of amides is 1. The summed E-state index contributed by atoms with van der Waals surface area (Å²) in [6.45, 7) is 4.05. The molecular formula is C13H20ClN3O3S. The number of fused-ring (bicyclic) bond motifs is 1. The maximum absolute atomic E-state index is 12.2. The van der Waals surface area contributed by atoms with E-state index in [0.29, 0.717) is 13.0 Å². The number of nitrogens with two attached hydrogens (primary N) is 1. The molecular weight excluding hydrogens is 314 g/mol. The molecule has 21 heavy (non-hydrogen) atoms. The van der Waals surface area contributed by atoms with E-state index < -0.39 is 10.0 Å². The Morgan fingerprint density at radius 1 is 1.48 bits per heavy atom. The van der Waals surface area contributed by atoms with Gasteiger partial charge in [0.1, 0.15) is 0 Å². The third-order valence-electron chi connectivity index (χ3n) is 3.35. The molecule has 0 aromatic heterocycles. The number of benzene rings is 1. The molecule has 3 N–H and O–H groups in total. The Morgan fingerprint density at radius 2 is 2.14 bits per heavy atom. The summed E-state index contributed by atoms with van der Waals surface area (Å²) in [5.74, 6) is -0.0331. The van der Waals surface area contributed by atoms with E-state index in [4.69, 9.17) is 5.73 Å². The molecule has 0 bridgehead atoms. The van der Waals surface area contributed by atoms with E-state index in [1.165, 1.54) is 13.0 Å². The normalized spacial score (nSPS) is 15.3. The van der Waals surface area contributed by atoms with Gasteiger partial charge in [0, 0.05) is 31.7 Å². The zero-order valence-electron chi connectivity index (χ0n) is 12.0. The van der Waals surface area contributed by atoms with Crippen LogP contribution in [-0.2, 0) is 21.2 Å². The number of anilines is 1. The SMILES string of the molecule is CC(=O)N1CCc2cc(S(=O)(=O)N[C@@H](C)CN)ccc21.Cl. The Hall–Kier alpha value is -1.15. The minimum atomic E-state index is -3.56. The molecule has 2 rings (SSSR count). The van der Waals surface area contributed by atoms with Gasteiger partial charge in [0.25, 0.3) is 0 Å². The Bertz CT molecular complexity index is 634. The molecule has 0 spiro atoms. The highest BCUT2D eigenvalue weighted by atomic mass is 35.5. The van der Waals surface area contributed by atoms with Crippen LogP contribution < -0.4 is 15.4 Å². The second kappa shape index (κ2) is 6.74. The van der Waals surface area contributed by atoms with Crippen LogP contribution in [0.25, 0.3) is 0 Å². The second-order valence-electron chi connectivity index (χ2n) is 4.97. The zero-order chi connectivity index (χ0) is 14.9. The van der Waals surface area contributed by atoms with Crippen molar-refractivity contribution in [3.05, 3.63) is 23.8 Å². The summed E-state index contributed by atoms with van der Waals surface area (Å²) in [6, 6.07) is 4.52. The second-order valence-corrected chi connectivity index (χ2v) is 6.68. The van der Waals surface area contributed by atoms with Crippen LogP contribution in [0.2, 0.25) is 0 Å². The van der Waals surface area contributed by atoms with Crippen LogP contribution in [0.3, 0.4) is 0 Å². The summed E-state index contributed by atoms with van der Waals surface area (Å²) in [5, 5.41) is 0. The molecule has 1 atom stereocenters. The predicted octanol–water partition coefficient (Wildman–Crippen LogP) is 0.643. The van der Waals surface area contributed by atoms with Crippen LogP contribution in [0.15, 0.2) is 23.1 Å². The molecule has 1 aliphatic heterocycles. The van der Waals surface area contributed by atoms with Crippen molar-refractivity contribution in [1.82, 2.24) is 4.72 Å². The van der Waals surface area contributed by atoms with E-state index in [-0.39, 0.29) is 35.8 Å². The van der Waals surface area contributed by atoms with Gasteiger partial charge in [-0.05, 0) is 37.1 Å². The summed E-state index contributed by atoms with van der Waals surface area (Å²) >= 11 is 0. The first-order chi connectivity index (χ1) is 9.35. The largest absolute Gasteiger partial charge is 0.329 e. The molecule has 1 aromatic carbocycles. The van der Waals surface area contributed by atoms with E-state index in [9.17, 15) is 13.2 Å². The van der Waals surface area contributed by atoms with Crippen molar-refractivity contribution in [1.29, 1.82) is 0 Å². The maximum atomic E-state index is 12.2. The van der Waals surface area contributed by atoms with Gasteiger partial charge < -0.3 is 10.6 Å². The summed E-state index contributed by atoms with van der Waals surface area (Å²) in [7, 11) is -3.56. The molecule has 0 radical (unpaired) electrons. The maximum Gasteiger partial charge on any atom is 0.240 e. The van der Waals surface area contributed by atoms with Crippen molar-refractivity contribution in [2.24, 2.45) is 5.73 Å². The van der Waals surface area contributed by atoms with Crippen molar-refractivity contribution in [2.75, 3.05) is 18.0 Å². The molecule has 118 valence electrons. The van der Waals surface area contributed by atoms with Crippen LogP contribution in [0, 0.1) is 0 Å². The number of hydrogen-bond donors (Lipinski definition) is 2. The minimum absolute atomic E-state index is 0. The summed E-state index contributed by atoms with van der Waals surface area (Å²) in [6.07, 6.45) is 0.671. The highest BCUT2D eigenvalue weighted by molar-refractivity contribution is 7.89. The van der Waals surface area contributed by atoms with E-state index in [1.807, 2.05) is 0 Å². The number of halogens is 1. The van der Waals surface area contributed by atoms with E-state index in [1.54, 1.807) is 24.0 Å². The van der Waals surface area contributed by atoms with Crippen molar-refractivity contribution in [3.8, 4) is 0 Å². The Morgan fingerprint density at radius 3 is 2.71 bits per heavy atom. The summed E-state index contributed by atoms with van der Waals surface area (Å²) in [5.41, 5.74) is 7.10. The first-order valence-corrected chi connectivity index (χ1v) is 7.97. The van der Waals surface area contributed by atoms with Crippen molar-refractivity contribution < 1.29 is 13.2 Å². The lowest BCUT2D eigenvalue weighted by Crippen LogP contribution is -2.37. The van der Waals surface area contributed by atoms with Crippen LogP contribution in [0.4, 0.5) is 5.69 Å². The third-order valence-corrected chi connectivity index (χ3v) is 4.93. The van der Waals surface area contributed by atoms with Gasteiger partial charge in [-0.15, -0.1) is 12.4 Å². The Kier molecular flexibility index (Phi) is 5.75. The Balaban J connectivity index is 0.00000220. The molecule has 0 aliphatic carbocycles. The minimum Gasteiger partial charge on any atom is -0.329 e. The van der Waals surface area contributed by atoms with Crippen LogP contribution in [0.1, 0.15) is 19.4 Å². The van der Waals surface area contributed by atoms with E-state index in [0.717, 1.165) is 11.3 Å². The van der Waals surface area contributed by atoms with Gasteiger partial charge in [0.2, 0.25) is 15.9 Å². The fourth-order valence-electron chi connectivity index (χ4n) is 2.25. The van der Waals surface area contributed by atoms with Crippen LogP contribution in [-0.4, -0.2) is 33.5 Å². The van der Waals surface area contributed by atoms with Gasteiger partial charge in [-0.3, -0.25) is 4.79 Å². The average Bonchev–Trinajstić information content (AvgIpc) is 2.80. The fraction of sp³-hybridized carbons (Fsp3) is 0.462.